The van der Waals surface area contributed by atoms with Gasteiger partial charge in [-0.2, -0.15) is 0 Å². The smallest absolute Gasteiger partial charge is 0.0927 e. The molecule has 0 N–H and O–H groups in total. The van der Waals surface area contributed by atoms with Crippen LogP contribution < -0.4 is 5.19 Å². The van der Waals surface area contributed by atoms with E-state index in [4.69, 9.17) is 0 Å². The molecule has 1 aliphatic rings. The summed E-state index contributed by atoms with van der Waals surface area (Å²) < 4.78 is 0. The van der Waals surface area contributed by atoms with Gasteiger partial charge in [0.2, 0.25) is 0 Å². The Labute approximate surface area is 102 Å². The summed E-state index contributed by atoms with van der Waals surface area (Å²) in [6, 6.07) is 17.6. The van der Waals surface area contributed by atoms with Crippen LogP contribution in [0.2, 0.25) is 0 Å². The van der Waals surface area contributed by atoms with E-state index in [1.807, 2.05) is 0 Å². The maximum Gasteiger partial charge on any atom is 0.113 e. The zero-order valence-electron chi connectivity index (χ0n) is 9.27. The van der Waals surface area contributed by atoms with Gasteiger partial charge in [0.15, 0.2) is 0 Å². The fraction of sp³-hybridized carbons (Fsp3) is 0. The van der Waals surface area contributed by atoms with Crippen molar-refractivity contribution in [2.24, 2.45) is 0 Å². The number of fused-ring (bicyclic) bond motifs is 5. The summed E-state index contributed by atoms with van der Waals surface area (Å²) in [5.74, 6) is 0. The van der Waals surface area contributed by atoms with Gasteiger partial charge in [-0.25, -0.2) is 0 Å². The molecule has 0 bridgehead atoms. The van der Waals surface area contributed by atoms with Gasteiger partial charge in [0.05, 0.1) is 0 Å². The zero-order chi connectivity index (χ0) is 11.2. The van der Waals surface area contributed by atoms with Gasteiger partial charge in [0, 0.05) is 0 Å². The Morgan fingerprint density at radius 3 is 2.59 bits per heavy atom. The van der Waals surface area contributed by atoms with E-state index in [9.17, 15) is 0 Å². The summed E-state index contributed by atoms with van der Waals surface area (Å²) in [6.45, 7) is 0. The third kappa shape index (κ3) is 1.23. The average molecular weight is 230 g/mol. The summed E-state index contributed by atoms with van der Waals surface area (Å²) in [5.41, 5.74) is 3.67. The second-order valence-corrected chi connectivity index (χ2v) is 5.51. The van der Waals surface area contributed by atoms with Gasteiger partial charge >= 0.3 is 0 Å². The number of hydrogen-bond donors (Lipinski definition) is 0. The highest BCUT2D eigenvalue weighted by Crippen LogP contribution is 2.26. The molecule has 0 atom stereocenters. The molecule has 0 saturated carbocycles. The maximum absolute atomic E-state index is 2.28. The SMILES string of the molecule is C1=Cc2ccc3c(ccc4ccccc43)c2[Si]1. The van der Waals surface area contributed by atoms with Crippen LogP contribution in [0.25, 0.3) is 27.6 Å². The van der Waals surface area contributed by atoms with Crippen molar-refractivity contribution in [3.8, 4) is 0 Å². The molecular formula is C16H10Si. The monoisotopic (exact) mass is 230 g/mol. The minimum Gasteiger partial charge on any atom is -0.0927 e. The molecule has 0 spiro atoms. The van der Waals surface area contributed by atoms with Crippen molar-refractivity contribution >= 4 is 42.3 Å². The van der Waals surface area contributed by atoms with E-state index in [0.29, 0.717) is 0 Å². The molecule has 2 radical (unpaired) electrons. The van der Waals surface area contributed by atoms with Gasteiger partial charge < -0.3 is 0 Å². The lowest BCUT2D eigenvalue weighted by molar-refractivity contribution is 1.77. The quantitative estimate of drug-likeness (QED) is 0.410. The Balaban J connectivity index is 2.23. The third-order valence-corrected chi connectivity index (χ3v) is 4.63. The fourth-order valence-electron chi connectivity index (χ4n) is 2.62. The molecule has 3 aromatic carbocycles. The predicted molar refractivity (Wildman–Crippen MR) is 75.9 cm³/mol. The first kappa shape index (κ1) is 9.20. The topological polar surface area (TPSA) is 0 Å². The van der Waals surface area contributed by atoms with E-state index in [1.165, 1.54) is 32.3 Å². The second kappa shape index (κ2) is 3.31. The van der Waals surface area contributed by atoms with Gasteiger partial charge in [-0.05, 0) is 32.3 Å². The molecule has 17 heavy (non-hydrogen) atoms. The van der Waals surface area contributed by atoms with Crippen molar-refractivity contribution in [1.82, 2.24) is 0 Å². The first-order valence-corrected chi connectivity index (χ1v) is 6.89. The lowest BCUT2D eigenvalue weighted by Crippen LogP contribution is -2.12. The fourth-order valence-corrected chi connectivity index (χ4v) is 3.76. The highest BCUT2D eigenvalue weighted by molar-refractivity contribution is 6.66. The minimum atomic E-state index is 0.824. The molecular weight excluding hydrogens is 220 g/mol. The third-order valence-electron chi connectivity index (χ3n) is 3.45. The molecule has 0 aromatic heterocycles. The summed E-state index contributed by atoms with van der Waals surface area (Å²) in [4.78, 5) is 0. The molecule has 78 valence electrons. The first-order valence-electron chi connectivity index (χ1n) is 5.81. The van der Waals surface area contributed by atoms with Crippen LogP contribution >= 0.6 is 0 Å². The Bertz CT molecular complexity index is 769. The van der Waals surface area contributed by atoms with E-state index >= 15 is 0 Å². The van der Waals surface area contributed by atoms with Crippen molar-refractivity contribution in [1.29, 1.82) is 0 Å². The van der Waals surface area contributed by atoms with Crippen LogP contribution in [0.5, 0.6) is 0 Å². The van der Waals surface area contributed by atoms with E-state index in [0.717, 1.165) is 9.52 Å². The zero-order valence-corrected chi connectivity index (χ0v) is 10.3. The lowest BCUT2D eigenvalue weighted by Gasteiger charge is -2.08. The van der Waals surface area contributed by atoms with Gasteiger partial charge in [-0.1, -0.05) is 60.3 Å². The lowest BCUT2D eigenvalue weighted by atomic mass is 10.00. The highest BCUT2D eigenvalue weighted by atomic mass is 28.2. The van der Waals surface area contributed by atoms with Crippen molar-refractivity contribution < 1.29 is 0 Å². The van der Waals surface area contributed by atoms with Crippen molar-refractivity contribution in [3.05, 3.63) is 59.8 Å². The average Bonchev–Trinajstić information content (AvgIpc) is 2.86. The molecule has 1 heterocycles. The largest absolute Gasteiger partial charge is 0.113 e. The minimum absolute atomic E-state index is 0.824. The molecule has 0 nitrogen and oxygen atoms in total. The molecule has 4 rings (SSSR count). The number of benzene rings is 3. The maximum atomic E-state index is 2.28. The molecule has 0 aliphatic carbocycles. The normalized spacial score (nSPS) is 13.4. The van der Waals surface area contributed by atoms with Gasteiger partial charge in [0.1, 0.15) is 9.52 Å². The summed E-state index contributed by atoms with van der Waals surface area (Å²) in [5, 5.41) is 7.01. The molecule has 0 amide bonds. The molecule has 0 fully saturated rings. The summed E-state index contributed by atoms with van der Waals surface area (Å²) >= 11 is 0. The Hall–Kier alpha value is -1.86. The van der Waals surface area contributed by atoms with E-state index in [2.05, 4.69) is 60.3 Å². The summed E-state index contributed by atoms with van der Waals surface area (Å²) in [7, 11) is 0.824. The van der Waals surface area contributed by atoms with Crippen LogP contribution in [0.1, 0.15) is 5.56 Å². The van der Waals surface area contributed by atoms with Gasteiger partial charge in [-0.3, -0.25) is 0 Å². The van der Waals surface area contributed by atoms with Gasteiger partial charge in [0.25, 0.3) is 0 Å². The molecule has 1 aliphatic heterocycles. The van der Waals surface area contributed by atoms with Crippen LogP contribution in [0, 0.1) is 0 Å². The number of rotatable bonds is 0. The van der Waals surface area contributed by atoms with Crippen molar-refractivity contribution in [3.63, 3.8) is 0 Å². The van der Waals surface area contributed by atoms with E-state index < -0.39 is 0 Å². The van der Waals surface area contributed by atoms with Crippen LogP contribution in [0.4, 0.5) is 0 Å². The molecule has 1 heteroatoms. The predicted octanol–water partition coefficient (Wildman–Crippen LogP) is 3.31. The van der Waals surface area contributed by atoms with E-state index in [1.54, 1.807) is 0 Å². The van der Waals surface area contributed by atoms with Gasteiger partial charge in [-0.15, -0.1) is 0 Å². The molecule has 3 aromatic rings. The molecule has 0 unspecified atom stereocenters. The van der Waals surface area contributed by atoms with Crippen LogP contribution in [0.3, 0.4) is 0 Å². The van der Waals surface area contributed by atoms with Crippen LogP contribution in [0.15, 0.2) is 54.2 Å². The first-order chi connectivity index (χ1) is 8.43. The molecule has 0 saturated heterocycles. The second-order valence-electron chi connectivity index (χ2n) is 4.39. The Morgan fingerprint density at radius 1 is 0.706 bits per heavy atom. The van der Waals surface area contributed by atoms with Crippen molar-refractivity contribution in [2.75, 3.05) is 0 Å². The van der Waals surface area contributed by atoms with Crippen molar-refractivity contribution in [2.45, 2.75) is 0 Å². The van der Waals surface area contributed by atoms with Crippen LogP contribution in [-0.4, -0.2) is 9.52 Å². The number of hydrogen-bond acceptors (Lipinski definition) is 0. The Morgan fingerprint density at radius 2 is 1.59 bits per heavy atom. The highest BCUT2D eigenvalue weighted by Gasteiger charge is 2.10. The summed E-state index contributed by atoms with van der Waals surface area (Å²) in [6.07, 6.45) is 2.24. The van der Waals surface area contributed by atoms with Crippen LogP contribution in [-0.2, 0) is 0 Å². The van der Waals surface area contributed by atoms with E-state index in [-0.39, 0.29) is 0 Å². The Kier molecular flexibility index (Phi) is 1.79. The standard InChI is InChI=1S/C16H10Si/c1-2-4-13-11(3-1)5-8-15-14(13)7-6-12-9-10-17-16(12)15/h1-10H.